The van der Waals surface area contributed by atoms with Gasteiger partial charge in [0.05, 0.1) is 4.83 Å². The smallest absolute Gasteiger partial charge is 0.238 e. The van der Waals surface area contributed by atoms with Gasteiger partial charge < -0.3 is 5.32 Å². The summed E-state index contributed by atoms with van der Waals surface area (Å²) in [5, 5.41) is 2.81. The number of nitrogens with one attached hydrogen (secondary N) is 1. The predicted octanol–water partition coefficient (Wildman–Crippen LogP) is 4.08. The van der Waals surface area contributed by atoms with Gasteiger partial charge in [0.25, 0.3) is 0 Å². The average Bonchev–Trinajstić information content (AvgIpc) is 2.41. The molecule has 2 aromatic rings. The molecule has 20 heavy (non-hydrogen) atoms. The van der Waals surface area contributed by atoms with Gasteiger partial charge in [-0.05, 0) is 42.7 Å². The summed E-state index contributed by atoms with van der Waals surface area (Å²) >= 11 is 3.31. The molecule has 0 spiro atoms. The van der Waals surface area contributed by atoms with E-state index in [4.69, 9.17) is 0 Å². The lowest BCUT2D eigenvalue weighted by molar-refractivity contribution is -0.115. The number of carbonyl (C=O) groups excluding carboxylic acids is 1. The van der Waals surface area contributed by atoms with Crippen LogP contribution < -0.4 is 5.32 Å². The van der Waals surface area contributed by atoms with E-state index in [1.807, 2.05) is 31.2 Å². The fourth-order valence-corrected chi connectivity index (χ4v) is 2.36. The molecule has 0 fully saturated rings. The number of anilines is 1. The fourth-order valence-electron chi connectivity index (χ4n) is 1.89. The lowest BCUT2D eigenvalue weighted by Gasteiger charge is -2.12. The Hall–Kier alpha value is -1.68. The van der Waals surface area contributed by atoms with Gasteiger partial charge in [-0.1, -0.05) is 46.3 Å². The summed E-state index contributed by atoms with van der Waals surface area (Å²) in [6, 6.07) is 14.0. The first-order chi connectivity index (χ1) is 9.56. The molecule has 0 radical (unpaired) electrons. The van der Waals surface area contributed by atoms with Crippen molar-refractivity contribution in [3.63, 3.8) is 0 Å². The normalized spacial score (nSPS) is 11.9. The molecule has 1 unspecified atom stereocenters. The van der Waals surface area contributed by atoms with Gasteiger partial charge in [0, 0.05) is 5.69 Å². The van der Waals surface area contributed by atoms with E-state index in [1.165, 1.54) is 6.07 Å². The molecular weight excluding hydrogens is 321 g/mol. The molecular formula is C16H15BrFNO. The Morgan fingerprint density at radius 3 is 2.70 bits per heavy atom. The van der Waals surface area contributed by atoms with Gasteiger partial charge in [-0.25, -0.2) is 4.39 Å². The maximum absolute atomic E-state index is 13.5. The van der Waals surface area contributed by atoms with E-state index in [-0.39, 0.29) is 11.7 Å². The first-order valence-corrected chi connectivity index (χ1v) is 7.23. The highest BCUT2D eigenvalue weighted by Crippen LogP contribution is 2.16. The minimum absolute atomic E-state index is 0.182. The van der Waals surface area contributed by atoms with Gasteiger partial charge in [-0.2, -0.15) is 0 Å². The predicted molar refractivity (Wildman–Crippen MR) is 82.6 cm³/mol. The monoisotopic (exact) mass is 335 g/mol. The number of hydrogen-bond acceptors (Lipinski definition) is 1. The van der Waals surface area contributed by atoms with Crippen molar-refractivity contribution in [2.24, 2.45) is 0 Å². The molecule has 4 heteroatoms. The maximum atomic E-state index is 13.5. The Labute approximate surface area is 126 Å². The van der Waals surface area contributed by atoms with Gasteiger partial charge in [-0.15, -0.1) is 0 Å². The van der Waals surface area contributed by atoms with Crippen LogP contribution in [0.1, 0.15) is 11.1 Å². The molecule has 1 atom stereocenters. The number of rotatable bonds is 4. The molecule has 0 aliphatic rings. The van der Waals surface area contributed by atoms with Crippen LogP contribution in [0.4, 0.5) is 10.1 Å². The molecule has 0 aromatic heterocycles. The summed E-state index contributed by atoms with van der Waals surface area (Å²) < 4.78 is 13.5. The summed E-state index contributed by atoms with van der Waals surface area (Å²) in [6.45, 7) is 1.96. The zero-order valence-corrected chi connectivity index (χ0v) is 12.7. The topological polar surface area (TPSA) is 29.1 Å². The van der Waals surface area contributed by atoms with Crippen molar-refractivity contribution in [2.75, 3.05) is 5.32 Å². The highest BCUT2D eigenvalue weighted by molar-refractivity contribution is 9.10. The van der Waals surface area contributed by atoms with Crippen LogP contribution in [0.25, 0.3) is 0 Å². The number of hydrogen-bond donors (Lipinski definition) is 1. The highest BCUT2D eigenvalue weighted by Gasteiger charge is 2.17. The molecule has 1 amide bonds. The van der Waals surface area contributed by atoms with Crippen molar-refractivity contribution in [1.82, 2.24) is 0 Å². The van der Waals surface area contributed by atoms with Gasteiger partial charge in [0.1, 0.15) is 5.82 Å². The molecule has 0 aliphatic heterocycles. The summed E-state index contributed by atoms with van der Waals surface area (Å²) in [4.78, 5) is 11.6. The summed E-state index contributed by atoms with van der Waals surface area (Å²) in [7, 11) is 0. The largest absolute Gasteiger partial charge is 0.325 e. The number of benzene rings is 2. The highest BCUT2D eigenvalue weighted by atomic mass is 79.9. The van der Waals surface area contributed by atoms with Crippen molar-refractivity contribution in [1.29, 1.82) is 0 Å². The quantitative estimate of drug-likeness (QED) is 0.838. The van der Waals surface area contributed by atoms with E-state index in [0.717, 1.165) is 11.3 Å². The molecule has 2 nitrogen and oxygen atoms in total. The fraction of sp³-hybridized carbons (Fsp3) is 0.188. The van der Waals surface area contributed by atoms with E-state index in [9.17, 15) is 9.18 Å². The minimum atomic E-state index is -0.472. The average molecular weight is 336 g/mol. The molecule has 0 aliphatic carbocycles. The molecule has 0 saturated heterocycles. The summed E-state index contributed by atoms with van der Waals surface area (Å²) in [6.07, 6.45) is 0.310. The number of alkyl halides is 1. The van der Waals surface area contributed by atoms with E-state index >= 15 is 0 Å². The molecule has 1 N–H and O–H groups in total. The van der Waals surface area contributed by atoms with E-state index < -0.39 is 4.83 Å². The Morgan fingerprint density at radius 1 is 1.25 bits per heavy atom. The minimum Gasteiger partial charge on any atom is -0.325 e. The SMILES string of the molecule is Cc1cccc(NC(=O)C(Br)Cc2ccccc2F)c1. The zero-order valence-electron chi connectivity index (χ0n) is 11.1. The van der Waals surface area contributed by atoms with Crippen LogP contribution in [0.15, 0.2) is 48.5 Å². The third kappa shape index (κ3) is 3.90. The van der Waals surface area contributed by atoms with Crippen LogP contribution in [0.3, 0.4) is 0 Å². The number of carbonyl (C=O) groups is 1. The van der Waals surface area contributed by atoms with E-state index in [1.54, 1.807) is 18.2 Å². The molecule has 2 rings (SSSR count). The molecule has 0 bridgehead atoms. The summed E-state index contributed by atoms with van der Waals surface area (Å²) in [5.41, 5.74) is 2.34. The van der Waals surface area contributed by atoms with Gasteiger partial charge in [0.15, 0.2) is 0 Å². The summed E-state index contributed by atoms with van der Waals surface area (Å²) in [5.74, 6) is -0.473. The Morgan fingerprint density at radius 2 is 2.00 bits per heavy atom. The maximum Gasteiger partial charge on any atom is 0.238 e. The first-order valence-electron chi connectivity index (χ1n) is 6.31. The van der Waals surface area contributed by atoms with Gasteiger partial charge in [-0.3, -0.25) is 4.79 Å². The number of amides is 1. The Bertz CT molecular complexity index is 615. The lowest BCUT2D eigenvalue weighted by atomic mass is 10.1. The second kappa shape index (κ2) is 6.66. The zero-order chi connectivity index (χ0) is 14.5. The number of halogens is 2. The van der Waals surface area contributed by atoms with Gasteiger partial charge >= 0.3 is 0 Å². The molecule has 104 valence electrons. The van der Waals surface area contributed by atoms with E-state index in [2.05, 4.69) is 21.2 Å². The molecule has 0 saturated carbocycles. The van der Waals surface area contributed by atoms with Crippen molar-refractivity contribution in [3.8, 4) is 0 Å². The van der Waals surface area contributed by atoms with Crippen LogP contribution in [-0.2, 0) is 11.2 Å². The molecule has 2 aromatic carbocycles. The third-order valence-corrected chi connectivity index (χ3v) is 3.67. The van der Waals surface area contributed by atoms with Crippen molar-refractivity contribution >= 4 is 27.5 Å². The second-order valence-corrected chi connectivity index (χ2v) is 5.73. The van der Waals surface area contributed by atoms with Crippen LogP contribution in [0.2, 0.25) is 0 Å². The van der Waals surface area contributed by atoms with Crippen LogP contribution >= 0.6 is 15.9 Å². The Balaban J connectivity index is 2.01. The second-order valence-electron chi connectivity index (χ2n) is 4.62. The first kappa shape index (κ1) is 14.7. The van der Waals surface area contributed by atoms with Crippen molar-refractivity contribution < 1.29 is 9.18 Å². The van der Waals surface area contributed by atoms with Crippen LogP contribution in [0.5, 0.6) is 0 Å². The van der Waals surface area contributed by atoms with E-state index in [0.29, 0.717) is 12.0 Å². The standard InChI is InChI=1S/C16H15BrFNO/c1-11-5-4-7-13(9-11)19-16(20)14(17)10-12-6-2-3-8-15(12)18/h2-9,14H,10H2,1H3,(H,19,20). The third-order valence-electron chi connectivity index (χ3n) is 2.93. The Kier molecular flexibility index (Phi) is 4.90. The van der Waals surface area contributed by atoms with Gasteiger partial charge in [0.2, 0.25) is 5.91 Å². The number of aryl methyl sites for hydroxylation is 1. The van der Waals surface area contributed by atoms with Crippen LogP contribution in [-0.4, -0.2) is 10.7 Å². The van der Waals surface area contributed by atoms with Crippen molar-refractivity contribution in [3.05, 3.63) is 65.5 Å². The van der Waals surface area contributed by atoms with Crippen LogP contribution in [0, 0.1) is 12.7 Å². The molecule has 0 heterocycles. The lowest BCUT2D eigenvalue weighted by Crippen LogP contribution is -2.25. The van der Waals surface area contributed by atoms with Crippen molar-refractivity contribution in [2.45, 2.75) is 18.2 Å².